The molecule has 0 bridgehead atoms. The van der Waals surface area contributed by atoms with Crippen molar-refractivity contribution in [1.29, 1.82) is 0 Å². The lowest BCUT2D eigenvalue weighted by Gasteiger charge is -2.12. The number of benzene rings is 4. The molecule has 0 saturated heterocycles. The predicted molar refractivity (Wildman–Crippen MR) is 134 cm³/mol. The van der Waals surface area contributed by atoms with Gasteiger partial charge in [0.15, 0.2) is 18.2 Å². The van der Waals surface area contributed by atoms with Crippen LogP contribution < -0.4 is 10.2 Å². The van der Waals surface area contributed by atoms with Gasteiger partial charge in [-0.05, 0) is 30.2 Å². The van der Waals surface area contributed by atoms with Gasteiger partial charge >= 0.3 is 0 Å². The summed E-state index contributed by atoms with van der Waals surface area (Å²) in [7, 11) is 0. The lowest BCUT2D eigenvalue weighted by molar-refractivity contribution is 0.0920. The summed E-state index contributed by atoms with van der Waals surface area (Å²) in [4.78, 5) is 26.1. The summed E-state index contributed by atoms with van der Waals surface area (Å²) in [6.07, 6.45) is 0. The molecule has 0 unspecified atom stereocenters. The van der Waals surface area contributed by atoms with Gasteiger partial charge in [-0.15, -0.1) is 0 Å². The number of rotatable bonds is 6. The predicted octanol–water partition coefficient (Wildman–Crippen LogP) is 6.70. The molecule has 0 aliphatic rings. The van der Waals surface area contributed by atoms with Crippen molar-refractivity contribution in [3.8, 4) is 28.2 Å². The molecule has 1 heterocycles. The quantitative estimate of drug-likeness (QED) is 0.273. The van der Waals surface area contributed by atoms with Gasteiger partial charge in [0.1, 0.15) is 5.58 Å². The van der Waals surface area contributed by atoms with Crippen LogP contribution in [0.5, 0.6) is 5.75 Å². The summed E-state index contributed by atoms with van der Waals surface area (Å²) in [5.74, 6) is 0.134. The Labute approximate surface area is 197 Å². The van der Waals surface area contributed by atoms with Gasteiger partial charge in [-0.3, -0.25) is 9.59 Å². The number of aryl methyl sites for hydroxylation is 1. The molecule has 0 saturated carbocycles. The standard InChI is InChI=1S/C30H22O4/c1-20-11-13-24(14-12-20)29-30(28(32)25-9-5-6-10-27(25)34-29)33-19-26(31)23-17-15-22(16-18-23)21-7-3-2-4-8-21/h2-18H,19H2,1H3. The Kier molecular flexibility index (Phi) is 5.79. The second-order valence-corrected chi connectivity index (χ2v) is 8.11. The maximum atomic E-state index is 13.2. The highest BCUT2D eigenvalue weighted by Crippen LogP contribution is 2.31. The van der Waals surface area contributed by atoms with Crippen LogP contribution in [0.1, 0.15) is 15.9 Å². The van der Waals surface area contributed by atoms with E-state index in [9.17, 15) is 9.59 Å². The van der Waals surface area contributed by atoms with Gasteiger partial charge in [0.2, 0.25) is 11.2 Å². The topological polar surface area (TPSA) is 56.5 Å². The van der Waals surface area contributed by atoms with E-state index in [1.165, 1.54) is 0 Å². The largest absolute Gasteiger partial charge is 0.478 e. The summed E-state index contributed by atoms with van der Waals surface area (Å²) in [6, 6.07) is 32.0. The van der Waals surface area contributed by atoms with Crippen molar-refractivity contribution in [1.82, 2.24) is 0 Å². The maximum Gasteiger partial charge on any atom is 0.235 e. The first-order chi connectivity index (χ1) is 16.6. The number of Topliss-reactive ketones (excluding diaryl/α,β-unsaturated/α-hetero) is 1. The summed E-state index contributed by atoms with van der Waals surface area (Å²) in [5, 5.41) is 0.410. The monoisotopic (exact) mass is 446 g/mol. The molecule has 1 aromatic heterocycles. The minimum absolute atomic E-state index is 0.0387. The third-order valence-electron chi connectivity index (χ3n) is 5.73. The molecule has 0 atom stereocenters. The zero-order valence-corrected chi connectivity index (χ0v) is 18.7. The minimum atomic E-state index is -0.301. The number of fused-ring (bicyclic) bond motifs is 1. The Morgan fingerprint density at radius 1 is 0.735 bits per heavy atom. The smallest absolute Gasteiger partial charge is 0.235 e. The van der Waals surface area contributed by atoms with Gasteiger partial charge < -0.3 is 9.15 Å². The van der Waals surface area contributed by atoms with Crippen LogP contribution in [0.4, 0.5) is 0 Å². The number of carbonyl (C=O) groups excluding carboxylic acids is 1. The number of hydrogen-bond acceptors (Lipinski definition) is 4. The maximum absolute atomic E-state index is 13.2. The molecule has 0 amide bonds. The Morgan fingerprint density at radius 3 is 2.09 bits per heavy atom. The van der Waals surface area contributed by atoms with Crippen LogP contribution in [0, 0.1) is 6.92 Å². The molecule has 4 aromatic carbocycles. The van der Waals surface area contributed by atoms with Gasteiger partial charge in [-0.2, -0.15) is 0 Å². The third kappa shape index (κ3) is 4.26. The number of para-hydroxylation sites is 1. The number of hydrogen-bond donors (Lipinski definition) is 0. The normalized spacial score (nSPS) is 10.9. The molecule has 5 rings (SSSR count). The molecule has 166 valence electrons. The average Bonchev–Trinajstić information content (AvgIpc) is 2.89. The molecule has 0 aliphatic heterocycles. The van der Waals surface area contributed by atoms with E-state index in [1.807, 2.05) is 79.7 Å². The van der Waals surface area contributed by atoms with Crippen LogP contribution in [0.15, 0.2) is 112 Å². The van der Waals surface area contributed by atoms with E-state index < -0.39 is 0 Å². The van der Waals surface area contributed by atoms with Crippen LogP contribution in [-0.2, 0) is 0 Å². The van der Waals surface area contributed by atoms with E-state index in [0.29, 0.717) is 27.9 Å². The molecule has 4 nitrogen and oxygen atoms in total. The van der Waals surface area contributed by atoms with Crippen LogP contribution in [0.3, 0.4) is 0 Å². The Balaban J connectivity index is 1.44. The molecule has 0 fully saturated rings. The average molecular weight is 447 g/mol. The van der Waals surface area contributed by atoms with E-state index in [-0.39, 0.29) is 23.6 Å². The molecule has 0 aliphatic carbocycles. The van der Waals surface area contributed by atoms with Crippen molar-refractivity contribution in [2.45, 2.75) is 6.92 Å². The van der Waals surface area contributed by atoms with Gasteiger partial charge in [0, 0.05) is 11.1 Å². The molecule has 4 heteroatoms. The van der Waals surface area contributed by atoms with Crippen LogP contribution >= 0.6 is 0 Å². The Hall–Kier alpha value is -4.44. The molecule has 0 N–H and O–H groups in total. The van der Waals surface area contributed by atoms with Crippen molar-refractivity contribution in [2.24, 2.45) is 0 Å². The second-order valence-electron chi connectivity index (χ2n) is 8.11. The zero-order chi connectivity index (χ0) is 23.5. The van der Waals surface area contributed by atoms with E-state index >= 15 is 0 Å². The number of carbonyl (C=O) groups is 1. The molecule has 5 aromatic rings. The molecule has 0 radical (unpaired) electrons. The number of ether oxygens (including phenoxy) is 1. The van der Waals surface area contributed by atoms with Crippen molar-refractivity contribution in [2.75, 3.05) is 6.61 Å². The van der Waals surface area contributed by atoms with E-state index in [0.717, 1.165) is 16.7 Å². The fourth-order valence-electron chi connectivity index (χ4n) is 3.85. The third-order valence-corrected chi connectivity index (χ3v) is 5.73. The van der Waals surface area contributed by atoms with Gasteiger partial charge in [-0.1, -0.05) is 96.6 Å². The Bertz CT molecular complexity index is 1510. The first-order valence-corrected chi connectivity index (χ1v) is 11.0. The molecule has 34 heavy (non-hydrogen) atoms. The summed E-state index contributed by atoms with van der Waals surface area (Å²) < 4.78 is 11.9. The molecule has 0 spiro atoms. The first-order valence-electron chi connectivity index (χ1n) is 11.0. The lowest BCUT2D eigenvalue weighted by atomic mass is 10.0. The van der Waals surface area contributed by atoms with Crippen molar-refractivity contribution >= 4 is 16.8 Å². The highest BCUT2D eigenvalue weighted by Gasteiger charge is 2.19. The minimum Gasteiger partial charge on any atom is -0.478 e. The van der Waals surface area contributed by atoms with Crippen LogP contribution in [0.2, 0.25) is 0 Å². The van der Waals surface area contributed by atoms with Crippen molar-refractivity contribution in [3.63, 3.8) is 0 Å². The highest BCUT2D eigenvalue weighted by atomic mass is 16.5. The fraction of sp³-hybridized carbons (Fsp3) is 0.0667. The first kappa shape index (κ1) is 21.4. The van der Waals surface area contributed by atoms with Gasteiger partial charge in [-0.25, -0.2) is 0 Å². The lowest BCUT2D eigenvalue weighted by Crippen LogP contribution is -2.17. The van der Waals surface area contributed by atoms with E-state index in [2.05, 4.69) is 0 Å². The SMILES string of the molecule is Cc1ccc(-c2oc3ccccc3c(=O)c2OCC(=O)c2ccc(-c3ccccc3)cc2)cc1. The fourth-order valence-corrected chi connectivity index (χ4v) is 3.85. The summed E-state index contributed by atoms with van der Waals surface area (Å²) >= 11 is 0. The molecular weight excluding hydrogens is 424 g/mol. The van der Waals surface area contributed by atoms with E-state index in [1.54, 1.807) is 30.3 Å². The van der Waals surface area contributed by atoms with Gasteiger partial charge in [0.25, 0.3) is 0 Å². The zero-order valence-electron chi connectivity index (χ0n) is 18.7. The second kappa shape index (κ2) is 9.20. The number of ketones is 1. The van der Waals surface area contributed by atoms with Gasteiger partial charge in [0.05, 0.1) is 5.39 Å². The van der Waals surface area contributed by atoms with E-state index in [4.69, 9.17) is 9.15 Å². The summed E-state index contributed by atoms with van der Waals surface area (Å²) in [5.41, 5.74) is 4.58. The molecular formula is C30H22O4. The summed E-state index contributed by atoms with van der Waals surface area (Å²) in [6.45, 7) is 1.71. The Morgan fingerprint density at radius 2 is 1.35 bits per heavy atom. The van der Waals surface area contributed by atoms with Crippen molar-refractivity contribution in [3.05, 3.63) is 124 Å². The van der Waals surface area contributed by atoms with Crippen LogP contribution in [-0.4, -0.2) is 12.4 Å². The van der Waals surface area contributed by atoms with Crippen LogP contribution in [0.25, 0.3) is 33.4 Å². The highest BCUT2D eigenvalue weighted by molar-refractivity contribution is 5.97. The van der Waals surface area contributed by atoms with Crippen molar-refractivity contribution < 1.29 is 13.9 Å².